The smallest absolute Gasteiger partial charge is 0.258 e. The molecule has 23 heavy (non-hydrogen) atoms. The predicted molar refractivity (Wildman–Crippen MR) is 87.5 cm³/mol. The molecule has 0 fully saturated rings. The molecule has 0 aliphatic carbocycles. The fraction of sp³-hybridized carbons (Fsp3) is 0.176. The number of hydrogen-bond acceptors (Lipinski definition) is 3. The van der Waals surface area contributed by atoms with Crippen LogP contribution in [0.3, 0.4) is 0 Å². The minimum absolute atomic E-state index is 0.0141. The van der Waals surface area contributed by atoms with E-state index in [-0.39, 0.29) is 22.9 Å². The van der Waals surface area contributed by atoms with Gasteiger partial charge in [-0.3, -0.25) is 9.59 Å². The summed E-state index contributed by atoms with van der Waals surface area (Å²) in [5.74, 6) is -1.07. The van der Waals surface area contributed by atoms with Gasteiger partial charge in [0.15, 0.2) is 5.78 Å². The molecule has 0 radical (unpaired) electrons. The second-order valence-corrected chi connectivity index (χ2v) is 5.82. The lowest BCUT2D eigenvalue weighted by Gasteiger charge is -2.23. The molecular weight excluding hydrogens is 319 g/mol. The fourth-order valence-electron chi connectivity index (χ4n) is 2.65. The van der Waals surface area contributed by atoms with Gasteiger partial charge in [-0.15, -0.1) is 0 Å². The maximum atomic E-state index is 13.6. The Bertz CT molecular complexity index is 807. The number of halogens is 2. The number of Topliss-reactive ketones (excluding diaryl/α,β-unsaturated/α-hetero) is 1. The Morgan fingerprint density at radius 2 is 2.00 bits per heavy atom. The van der Waals surface area contributed by atoms with Gasteiger partial charge in [-0.1, -0.05) is 11.6 Å². The van der Waals surface area contributed by atoms with Crippen molar-refractivity contribution in [2.75, 3.05) is 17.2 Å². The lowest BCUT2D eigenvalue weighted by Crippen LogP contribution is -2.31. The molecule has 3 rings (SSSR count). The van der Waals surface area contributed by atoms with Crippen LogP contribution in [-0.4, -0.2) is 18.2 Å². The van der Waals surface area contributed by atoms with Gasteiger partial charge in [0.25, 0.3) is 5.91 Å². The minimum Gasteiger partial charge on any atom is -0.396 e. The molecule has 1 aliphatic heterocycles. The van der Waals surface area contributed by atoms with E-state index in [1.54, 1.807) is 18.2 Å². The van der Waals surface area contributed by atoms with Crippen molar-refractivity contribution in [3.63, 3.8) is 0 Å². The fourth-order valence-corrected chi connectivity index (χ4v) is 2.82. The Kier molecular flexibility index (Phi) is 4.05. The Balaban J connectivity index is 2.05. The van der Waals surface area contributed by atoms with Crippen LogP contribution in [0.15, 0.2) is 36.4 Å². The molecule has 0 unspecified atom stereocenters. The third kappa shape index (κ3) is 2.92. The van der Waals surface area contributed by atoms with E-state index in [0.717, 1.165) is 6.07 Å². The van der Waals surface area contributed by atoms with Gasteiger partial charge in [0.1, 0.15) is 5.82 Å². The molecule has 0 atom stereocenters. The normalized spacial score (nSPS) is 14.3. The topological polar surface area (TPSA) is 63.4 Å². The van der Waals surface area contributed by atoms with E-state index in [9.17, 15) is 14.0 Å². The Labute approximate surface area is 137 Å². The van der Waals surface area contributed by atoms with E-state index in [2.05, 4.69) is 0 Å². The number of rotatable bonds is 1. The molecule has 4 nitrogen and oxygen atoms in total. The summed E-state index contributed by atoms with van der Waals surface area (Å²) in [7, 11) is 0. The molecule has 6 heteroatoms. The summed E-state index contributed by atoms with van der Waals surface area (Å²) in [5, 5.41) is 0.435. The Morgan fingerprint density at radius 3 is 2.74 bits per heavy atom. The summed E-state index contributed by atoms with van der Waals surface area (Å²) in [5.41, 5.74) is 6.53. The number of carbonyl (C=O) groups is 2. The Hall–Kier alpha value is -2.40. The van der Waals surface area contributed by atoms with Crippen LogP contribution in [0.2, 0.25) is 5.02 Å². The van der Waals surface area contributed by atoms with Crippen LogP contribution in [0.4, 0.5) is 15.8 Å². The first-order chi connectivity index (χ1) is 11.0. The maximum absolute atomic E-state index is 13.6. The van der Waals surface area contributed by atoms with Crippen molar-refractivity contribution in [1.82, 2.24) is 0 Å². The van der Waals surface area contributed by atoms with Crippen molar-refractivity contribution in [1.29, 1.82) is 0 Å². The van der Waals surface area contributed by atoms with Crippen LogP contribution in [0.1, 0.15) is 33.6 Å². The van der Waals surface area contributed by atoms with Gasteiger partial charge in [-0.2, -0.15) is 0 Å². The lowest BCUT2D eigenvalue weighted by molar-refractivity contribution is 0.0973. The zero-order valence-corrected chi connectivity index (χ0v) is 12.9. The number of ketones is 1. The minimum atomic E-state index is -0.641. The summed E-state index contributed by atoms with van der Waals surface area (Å²) in [6, 6.07) is 8.78. The molecule has 118 valence electrons. The summed E-state index contributed by atoms with van der Waals surface area (Å²) >= 11 is 5.96. The largest absolute Gasteiger partial charge is 0.396 e. The van der Waals surface area contributed by atoms with Gasteiger partial charge in [0, 0.05) is 29.1 Å². The van der Waals surface area contributed by atoms with E-state index in [1.165, 1.54) is 17.0 Å². The van der Waals surface area contributed by atoms with Gasteiger partial charge < -0.3 is 10.6 Å². The monoisotopic (exact) mass is 332 g/mol. The van der Waals surface area contributed by atoms with Crippen molar-refractivity contribution in [2.45, 2.75) is 12.8 Å². The zero-order chi connectivity index (χ0) is 16.6. The molecule has 0 bridgehead atoms. The van der Waals surface area contributed by atoms with Crippen LogP contribution in [-0.2, 0) is 0 Å². The van der Waals surface area contributed by atoms with Crippen molar-refractivity contribution < 1.29 is 14.0 Å². The molecule has 1 amide bonds. The predicted octanol–water partition coefficient (Wildman–Crippen LogP) is 3.68. The van der Waals surface area contributed by atoms with Gasteiger partial charge >= 0.3 is 0 Å². The second-order valence-electron chi connectivity index (χ2n) is 5.38. The van der Waals surface area contributed by atoms with E-state index in [0.29, 0.717) is 35.7 Å². The van der Waals surface area contributed by atoms with Crippen molar-refractivity contribution in [3.05, 3.63) is 58.4 Å². The van der Waals surface area contributed by atoms with Crippen molar-refractivity contribution in [2.24, 2.45) is 0 Å². The van der Waals surface area contributed by atoms with Crippen LogP contribution in [0.5, 0.6) is 0 Å². The molecule has 2 aromatic carbocycles. The van der Waals surface area contributed by atoms with Crippen LogP contribution < -0.4 is 10.6 Å². The highest BCUT2D eigenvalue weighted by atomic mass is 35.5. The quantitative estimate of drug-likeness (QED) is 0.810. The van der Waals surface area contributed by atoms with Crippen LogP contribution in [0.25, 0.3) is 0 Å². The molecular formula is C17H14ClFN2O2. The Morgan fingerprint density at radius 1 is 1.22 bits per heavy atom. The summed E-state index contributed by atoms with van der Waals surface area (Å²) in [4.78, 5) is 26.4. The van der Waals surface area contributed by atoms with E-state index < -0.39 is 5.82 Å². The highest BCUT2D eigenvalue weighted by Crippen LogP contribution is 2.30. The first-order valence-corrected chi connectivity index (χ1v) is 7.55. The first kappa shape index (κ1) is 15.5. The molecule has 0 spiro atoms. The first-order valence-electron chi connectivity index (χ1n) is 7.17. The summed E-state index contributed by atoms with van der Waals surface area (Å²) in [6.45, 7) is 0.380. The highest BCUT2D eigenvalue weighted by molar-refractivity contribution is 6.31. The maximum Gasteiger partial charge on any atom is 0.258 e. The van der Waals surface area contributed by atoms with E-state index >= 15 is 0 Å². The van der Waals surface area contributed by atoms with Gasteiger partial charge in [0.05, 0.1) is 11.4 Å². The molecule has 2 N–H and O–H groups in total. The molecule has 0 saturated heterocycles. The lowest BCUT2D eigenvalue weighted by atomic mass is 10.1. The van der Waals surface area contributed by atoms with Gasteiger partial charge in [-0.05, 0) is 42.8 Å². The third-order valence-corrected chi connectivity index (χ3v) is 4.06. The number of carbonyl (C=O) groups excluding carboxylic acids is 2. The number of nitrogens with zero attached hydrogens (tertiary/aromatic N) is 1. The average Bonchev–Trinajstić information content (AvgIpc) is 2.69. The molecule has 0 saturated carbocycles. The molecule has 2 aromatic rings. The molecule has 1 heterocycles. The van der Waals surface area contributed by atoms with Gasteiger partial charge in [-0.25, -0.2) is 4.39 Å². The van der Waals surface area contributed by atoms with Crippen LogP contribution >= 0.6 is 11.6 Å². The van der Waals surface area contributed by atoms with Crippen molar-refractivity contribution >= 4 is 34.7 Å². The summed E-state index contributed by atoms with van der Waals surface area (Å²) < 4.78 is 13.6. The highest BCUT2D eigenvalue weighted by Gasteiger charge is 2.26. The second kappa shape index (κ2) is 6.01. The number of amides is 1. The number of nitrogen functional groups attached to an aromatic ring is 1. The molecule has 1 aliphatic rings. The number of anilines is 2. The van der Waals surface area contributed by atoms with Crippen molar-refractivity contribution in [3.8, 4) is 0 Å². The number of fused-ring (bicyclic) bond motifs is 1. The average molecular weight is 333 g/mol. The van der Waals surface area contributed by atoms with Crippen LogP contribution in [0, 0.1) is 5.82 Å². The SMILES string of the molecule is Nc1ccc(C(=O)N2CCCC(=O)c3cc(Cl)ccc32)cc1F. The number of hydrogen-bond donors (Lipinski definition) is 1. The zero-order valence-electron chi connectivity index (χ0n) is 12.2. The van der Waals surface area contributed by atoms with Gasteiger partial charge in [0.2, 0.25) is 0 Å². The third-order valence-electron chi connectivity index (χ3n) is 3.83. The standard InChI is InChI=1S/C17H14ClFN2O2/c18-11-4-6-15-12(9-11)16(22)2-1-7-21(15)17(23)10-3-5-14(20)13(19)8-10/h3-6,8-9H,1-2,7,20H2. The molecule has 0 aromatic heterocycles. The summed E-state index contributed by atoms with van der Waals surface area (Å²) in [6.07, 6.45) is 0.877. The number of benzene rings is 2. The van der Waals surface area contributed by atoms with E-state index in [4.69, 9.17) is 17.3 Å². The van der Waals surface area contributed by atoms with E-state index in [1.807, 2.05) is 0 Å². The number of nitrogens with two attached hydrogens (primary N) is 1.